The van der Waals surface area contributed by atoms with E-state index in [1.807, 2.05) is 42.5 Å². The minimum absolute atomic E-state index is 0.110. The molecule has 1 saturated heterocycles. The van der Waals surface area contributed by atoms with Gasteiger partial charge in [-0.3, -0.25) is 9.59 Å². The molecule has 2 N–H and O–H groups in total. The van der Waals surface area contributed by atoms with Gasteiger partial charge in [0.05, 0.1) is 36.2 Å². The zero-order valence-corrected chi connectivity index (χ0v) is 17.9. The topological polar surface area (TPSA) is 98.7 Å². The second-order valence-electron chi connectivity index (χ2n) is 8.54. The third kappa shape index (κ3) is 3.69. The fourth-order valence-electron chi connectivity index (χ4n) is 4.69. The Hall–Kier alpha value is -3.45. The minimum Gasteiger partial charge on any atom is -0.465 e. The smallest absolute Gasteiger partial charge is 0.255 e. The average Bonchev–Trinajstić information content (AvgIpc) is 3.30. The number of fused-ring (bicyclic) bond motifs is 2. The fraction of sp³-hybridized carbons (Fsp3) is 0.320. The van der Waals surface area contributed by atoms with Gasteiger partial charge in [0.15, 0.2) is 6.10 Å². The molecule has 5 rings (SSSR count). The highest BCUT2D eigenvalue weighted by Gasteiger charge is 2.33. The zero-order chi connectivity index (χ0) is 22.2. The van der Waals surface area contributed by atoms with Crippen molar-refractivity contribution in [2.24, 2.45) is 11.7 Å². The van der Waals surface area contributed by atoms with Crippen molar-refractivity contribution in [3.05, 3.63) is 65.2 Å². The lowest BCUT2D eigenvalue weighted by Crippen LogP contribution is -2.50. The molecule has 32 heavy (non-hydrogen) atoms. The van der Waals surface area contributed by atoms with Gasteiger partial charge in [-0.25, -0.2) is 4.98 Å². The number of rotatable bonds is 3. The summed E-state index contributed by atoms with van der Waals surface area (Å²) in [5.74, 6) is 0.448. The van der Waals surface area contributed by atoms with E-state index in [0.717, 1.165) is 46.3 Å². The van der Waals surface area contributed by atoms with E-state index in [9.17, 15) is 9.59 Å². The summed E-state index contributed by atoms with van der Waals surface area (Å²) in [6, 6.07) is 11.5. The summed E-state index contributed by atoms with van der Waals surface area (Å²) < 4.78 is 11.0. The molecule has 0 bridgehead atoms. The van der Waals surface area contributed by atoms with Crippen LogP contribution >= 0.6 is 0 Å². The number of hydrogen-bond acceptors (Lipinski definition) is 5. The molecule has 164 valence electrons. The van der Waals surface area contributed by atoms with Gasteiger partial charge in [0.2, 0.25) is 5.91 Å². The molecule has 3 heterocycles. The molecular weight excluding hydrogens is 406 g/mol. The van der Waals surface area contributed by atoms with Gasteiger partial charge in [0.1, 0.15) is 5.76 Å². The number of hydrogen-bond donors (Lipinski definition) is 1. The van der Waals surface area contributed by atoms with Crippen LogP contribution in [-0.2, 0) is 16.0 Å². The Balaban J connectivity index is 1.66. The number of para-hydroxylation sites is 1. The molecule has 1 aromatic carbocycles. The van der Waals surface area contributed by atoms with E-state index in [2.05, 4.69) is 6.92 Å². The number of furan rings is 1. The van der Waals surface area contributed by atoms with E-state index < -0.39 is 12.0 Å². The van der Waals surface area contributed by atoms with Gasteiger partial charge in [0, 0.05) is 11.9 Å². The molecule has 7 nitrogen and oxygen atoms in total. The van der Waals surface area contributed by atoms with E-state index in [0.29, 0.717) is 18.0 Å². The molecule has 1 fully saturated rings. The summed E-state index contributed by atoms with van der Waals surface area (Å²) in [7, 11) is 0. The molecule has 0 saturated carbocycles. The number of nitrogens with zero attached hydrogens (tertiary/aromatic N) is 2. The van der Waals surface area contributed by atoms with Crippen molar-refractivity contribution in [2.75, 3.05) is 19.7 Å². The molecule has 0 spiro atoms. The number of morpholine rings is 1. The largest absolute Gasteiger partial charge is 0.465 e. The maximum Gasteiger partial charge on any atom is 0.255 e. The summed E-state index contributed by atoms with van der Waals surface area (Å²) in [6.07, 6.45) is 4.49. The molecular formula is C25H25N3O4. The SMILES string of the molecule is CC1C/C(=C/c2ccco2)c2nc3ccccc3c(C(=O)N3CCOC(C(N)=O)C3)c2C1. The van der Waals surface area contributed by atoms with Gasteiger partial charge in [-0.2, -0.15) is 0 Å². The Morgan fingerprint density at radius 1 is 1.19 bits per heavy atom. The first-order chi connectivity index (χ1) is 15.5. The van der Waals surface area contributed by atoms with E-state index in [1.54, 1.807) is 11.2 Å². The lowest BCUT2D eigenvalue weighted by atomic mass is 9.80. The summed E-state index contributed by atoms with van der Waals surface area (Å²) in [4.78, 5) is 32.2. The van der Waals surface area contributed by atoms with Crippen LogP contribution in [0.1, 0.15) is 40.7 Å². The van der Waals surface area contributed by atoms with Crippen molar-refractivity contribution < 1.29 is 18.7 Å². The van der Waals surface area contributed by atoms with Crippen LogP contribution in [0.4, 0.5) is 0 Å². The Labute approximate surface area is 185 Å². The summed E-state index contributed by atoms with van der Waals surface area (Å²) in [5, 5.41) is 0.824. The quantitative estimate of drug-likeness (QED) is 0.686. The molecule has 2 aromatic heterocycles. The average molecular weight is 431 g/mol. The lowest BCUT2D eigenvalue weighted by Gasteiger charge is -2.33. The predicted molar refractivity (Wildman–Crippen MR) is 121 cm³/mol. The fourth-order valence-corrected chi connectivity index (χ4v) is 4.69. The standard InChI is InChI=1S/C25H25N3O4/c1-15-11-16(13-17-5-4-9-31-17)23-19(12-15)22(18-6-2-3-7-20(18)27-23)25(30)28-8-10-32-21(14-28)24(26)29/h2-7,9,13,15,21H,8,10-12,14H2,1H3,(H2,26,29)/b16-13-. The van der Waals surface area contributed by atoms with Crippen molar-refractivity contribution in [1.29, 1.82) is 0 Å². The molecule has 2 atom stereocenters. The summed E-state index contributed by atoms with van der Waals surface area (Å²) in [6.45, 7) is 3.04. The number of ether oxygens (including phenoxy) is 1. The van der Waals surface area contributed by atoms with E-state index >= 15 is 0 Å². The van der Waals surface area contributed by atoms with Crippen molar-refractivity contribution in [1.82, 2.24) is 9.88 Å². The number of nitrogens with two attached hydrogens (primary N) is 1. The third-order valence-electron chi connectivity index (χ3n) is 6.16. The van der Waals surface area contributed by atoms with Crippen LogP contribution in [0.15, 0.2) is 47.1 Å². The van der Waals surface area contributed by atoms with Gasteiger partial charge in [0.25, 0.3) is 5.91 Å². The second kappa shape index (κ2) is 8.24. The monoisotopic (exact) mass is 431 g/mol. The van der Waals surface area contributed by atoms with Crippen LogP contribution in [0.5, 0.6) is 0 Å². The number of aromatic nitrogens is 1. The van der Waals surface area contributed by atoms with E-state index in [1.165, 1.54) is 0 Å². The van der Waals surface area contributed by atoms with Crippen LogP contribution in [0, 0.1) is 5.92 Å². The first-order valence-electron chi connectivity index (χ1n) is 10.9. The molecule has 2 amide bonds. The molecule has 2 unspecified atom stereocenters. The first kappa shape index (κ1) is 20.5. The Kier molecular flexibility index (Phi) is 5.27. The minimum atomic E-state index is -0.787. The number of pyridine rings is 1. The number of allylic oxidation sites excluding steroid dienone is 1. The molecule has 0 radical (unpaired) electrons. The van der Waals surface area contributed by atoms with Crippen molar-refractivity contribution in [3.8, 4) is 0 Å². The maximum atomic E-state index is 13.8. The predicted octanol–water partition coefficient (Wildman–Crippen LogP) is 3.28. The van der Waals surface area contributed by atoms with E-state index in [4.69, 9.17) is 19.9 Å². The van der Waals surface area contributed by atoms with E-state index in [-0.39, 0.29) is 19.1 Å². The molecule has 1 aliphatic carbocycles. The Bertz CT molecular complexity index is 1220. The highest BCUT2D eigenvalue weighted by atomic mass is 16.5. The Morgan fingerprint density at radius 3 is 2.81 bits per heavy atom. The summed E-state index contributed by atoms with van der Waals surface area (Å²) in [5.41, 5.74) is 9.73. The van der Waals surface area contributed by atoms with Gasteiger partial charge in [-0.15, -0.1) is 0 Å². The van der Waals surface area contributed by atoms with Crippen molar-refractivity contribution in [3.63, 3.8) is 0 Å². The number of primary amides is 1. The highest BCUT2D eigenvalue weighted by molar-refractivity contribution is 6.09. The van der Waals surface area contributed by atoms with Crippen LogP contribution < -0.4 is 5.73 Å². The van der Waals surface area contributed by atoms with Gasteiger partial charge >= 0.3 is 0 Å². The van der Waals surface area contributed by atoms with Crippen LogP contribution in [0.3, 0.4) is 0 Å². The normalized spacial score (nSPS) is 22.2. The number of carbonyl (C=O) groups is 2. The molecule has 7 heteroatoms. The maximum absolute atomic E-state index is 13.8. The third-order valence-corrected chi connectivity index (χ3v) is 6.16. The molecule has 1 aliphatic heterocycles. The molecule has 2 aliphatic rings. The van der Waals surface area contributed by atoms with Crippen LogP contribution in [-0.4, -0.2) is 47.5 Å². The second-order valence-corrected chi connectivity index (χ2v) is 8.54. The first-order valence-corrected chi connectivity index (χ1v) is 10.9. The Morgan fingerprint density at radius 2 is 2.03 bits per heavy atom. The summed E-state index contributed by atoms with van der Waals surface area (Å²) >= 11 is 0. The highest BCUT2D eigenvalue weighted by Crippen LogP contribution is 2.39. The number of benzene rings is 1. The van der Waals surface area contributed by atoms with Crippen molar-refractivity contribution >= 4 is 34.4 Å². The number of amides is 2. The van der Waals surface area contributed by atoms with Gasteiger partial charge in [-0.1, -0.05) is 25.1 Å². The molecule has 3 aromatic rings. The van der Waals surface area contributed by atoms with Crippen LogP contribution in [0.25, 0.3) is 22.6 Å². The van der Waals surface area contributed by atoms with Crippen molar-refractivity contribution in [2.45, 2.75) is 25.9 Å². The van der Waals surface area contributed by atoms with Crippen LogP contribution in [0.2, 0.25) is 0 Å². The zero-order valence-electron chi connectivity index (χ0n) is 17.9. The lowest BCUT2D eigenvalue weighted by molar-refractivity contribution is -0.133. The van der Waals surface area contributed by atoms with Gasteiger partial charge in [-0.05, 0) is 54.2 Å². The number of carbonyl (C=O) groups excluding carboxylic acids is 2. The van der Waals surface area contributed by atoms with Gasteiger partial charge < -0.3 is 19.8 Å².